The lowest BCUT2D eigenvalue weighted by molar-refractivity contribution is -0.0225. The second-order valence-corrected chi connectivity index (χ2v) is 6.54. The molecular weight excluding hydrogens is 288 g/mol. The average Bonchev–Trinajstić information content (AvgIpc) is 2.46. The van der Waals surface area contributed by atoms with Crippen molar-refractivity contribution in [2.24, 2.45) is 0 Å². The summed E-state index contributed by atoms with van der Waals surface area (Å²) < 4.78 is 27.9. The van der Waals surface area contributed by atoms with Gasteiger partial charge in [0.25, 0.3) is 10.1 Å². The first kappa shape index (κ1) is 15.7. The van der Waals surface area contributed by atoms with Gasteiger partial charge in [-0.2, -0.15) is 8.42 Å². The van der Waals surface area contributed by atoms with Gasteiger partial charge in [-0.05, 0) is 18.1 Å². The van der Waals surface area contributed by atoms with E-state index < -0.39 is 21.8 Å². The Hall–Kier alpha value is -1.69. The van der Waals surface area contributed by atoms with Gasteiger partial charge in [0.05, 0.1) is 6.26 Å². The Balaban J connectivity index is 2.55. The van der Waals surface area contributed by atoms with E-state index in [9.17, 15) is 13.5 Å². The van der Waals surface area contributed by atoms with E-state index in [-0.39, 0.29) is 0 Å². The highest BCUT2D eigenvalue weighted by molar-refractivity contribution is 7.86. The molecule has 0 spiro atoms. The molecule has 21 heavy (non-hydrogen) atoms. The van der Waals surface area contributed by atoms with Crippen molar-refractivity contribution in [3.8, 4) is 0 Å². The Morgan fingerprint density at radius 2 is 1.33 bits per heavy atom. The molecule has 0 fully saturated rings. The molecular formula is C16H18O4S. The fraction of sp³-hybridized carbons (Fsp3) is 0.250. The third-order valence-electron chi connectivity index (χ3n) is 3.34. The molecule has 0 saturated heterocycles. The smallest absolute Gasteiger partial charge is 0.264 e. The quantitative estimate of drug-likeness (QED) is 0.861. The van der Waals surface area contributed by atoms with E-state index in [4.69, 9.17) is 4.18 Å². The molecule has 0 aliphatic heterocycles. The van der Waals surface area contributed by atoms with Crippen molar-refractivity contribution in [2.45, 2.75) is 18.6 Å². The molecule has 112 valence electrons. The minimum absolute atomic E-state index is 0.576. The van der Waals surface area contributed by atoms with Gasteiger partial charge in [-0.1, -0.05) is 60.7 Å². The molecule has 0 aliphatic rings. The van der Waals surface area contributed by atoms with Crippen LogP contribution in [0.2, 0.25) is 0 Å². The largest absolute Gasteiger partial charge is 0.378 e. The number of benzene rings is 2. The summed E-state index contributed by atoms with van der Waals surface area (Å²) in [4.78, 5) is 0. The first-order chi connectivity index (χ1) is 9.84. The van der Waals surface area contributed by atoms with Gasteiger partial charge in [-0.3, -0.25) is 4.18 Å². The van der Waals surface area contributed by atoms with Crippen molar-refractivity contribution < 1.29 is 17.7 Å². The first-order valence-corrected chi connectivity index (χ1v) is 8.37. The lowest BCUT2D eigenvalue weighted by atomic mass is 9.82. The van der Waals surface area contributed by atoms with Gasteiger partial charge in [0.1, 0.15) is 11.7 Å². The Morgan fingerprint density at radius 1 is 0.952 bits per heavy atom. The molecule has 1 N–H and O–H groups in total. The van der Waals surface area contributed by atoms with Crippen LogP contribution in [0.5, 0.6) is 0 Å². The van der Waals surface area contributed by atoms with Crippen LogP contribution in [-0.4, -0.2) is 25.9 Å². The van der Waals surface area contributed by atoms with Crippen molar-refractivity contribution >= 4 is 10.1 Å². The molecule has 0 aliphatic carbocycles. The third-order valence-corrected chi connectivity index (χ3v) is 3.97. The van der Waals surface area contributed by atoms with E-state index in [1.54, 1.807) is 55.5 Å². The molecule has 0 bridgehead atoms. The zero-order valence-corrected chi connectivity index (χ0v) is 12.7. The standard InChI is InChI=1S/C16H18O4S/c1-13(20-21(2,18)19)16(17,14-9-5-3-6-10-14)15-11-7-4-8-12-15/h3-13,17H,1-2H3. The third kappa shape index (κ3) is 3.50. The highest BCUT2D eigenvalue weighted by Crippen LogP contribution is 2.35. The lowest BCUT2D eigenvalue weighted by Crippen LogP contribution is -2.41. The average molecular weight is 306 g/mol. The van der Waals surface area contributed by atoms with E-state index >= 15 is 0 Å². The summed E-state index contributed by atoms with van der Waals surface area (Å²) in [5.74, 6) is 0. The Kier molecular flexibility index (Phi) is 4.46. The van der Waals surface area contributed by atoms with Gasteiger partial charge >= 0.3 is 0 Å². The Bertz CT molecular complexity index is 641. The molecule has 0 heterocycles. The summed E-state index contributed by atoms with van der Waals surface area (Å²) in [5.41, 5.74) is -0.397. The van der Waals surface area contributed by atoms with E-state index in [0.717, 1.165) is 6.26 Å². The number of aliphatic hydroxyl groups is 1. The second kappa shape index (κ2) is 5.97. The maximum absolute atomic E-state index is 11.4. The molecule has 4 nitrogen and oxygen atoms in total. The number of hydrogen-bond donors (Lipinski definition) is 1. The van der Waals surface area contributed by atoms with Gasteiger partial charge in [0.15, 0.2) is 0 Å². The molecule has 1 atom stereocenters. The van der Waals surface area contributed by atoms with Crippen LogP contribution in [0.3, 0.4) is 0 Å². The highest BCUT2D eigenvalue weighted by Gasteiger charge is 2.40. The van der Waals surface area contributed by atoms with Crippen molar-refractivity contribution in [2.75, 3.05) is 6.26 Å². The monoisotopic (exact) mass is 306 g/mol. The molecule has 0 aromatic heterocycles. The van der Waals surface area contributed by atoms with Crippen LogP contribution >= 0.6 is 0 Å². The van der Waals surface area contributed by atoms with E-state index in [0.29, 0.717) is 11.1 Å². The fourth-order valence-electron chi connectivity index (χ4n) is 2.35. The van der Waals surface area contributed by atoms with Crippen molar-refractivity contribution in [3.63, 3.8) is 0 Å². The number of rotatable bonds is 5. The summed E-state index contributed by atoms with van der Waals surface area (Å²) in [6.07, 6.45) is 0.0113. The van der Waals surface area contributed by atoms with Gasteiger partial charge < -0.3 is 5.11 Å². The normalized spacial score (nSPS) is 13.9. The first-order valence-electron chi connectivity index (χ1n) is 6.55. The van der Waals surface area contributed by atoms with Gasteiger partial charge in [0.2, 0.25) is 0 Å². The fourth-order valence-corrected chi connectivity index (χ4v) is 3.02. The summed E-state index contributed by atoms with van der Waals surface area (Å²) in [5, 5.41) is 11.2. The minimum atomic E-state index is -3.68. The Labute approximate surface area is 125 Å². The van der Waals surface area contributed by atoms with Crippen LogP contribution in [0.4, 0.5) is 0 Å². The van der Waals surface area contributed by atoms with Crippen molar-refractivity contribution in [3.05, 3.63) is 71.8 Å². The predicted molar refractivity (Wildman–Crippen MR) is 81.3 cm³/mol. The molecule has 2 rings (SSSR count). The highest BCUT2D eigenvalue weighted by atomic mass is 32.2. The molecule has 2 aromatic carbocycles. The van der Waals surface area contributed by atoms with Gasteiger partial charge in [0, 0.05) is 0 Å². The van der Waals surface area contributed by atoms with Gasteiger partial charge in [-0.15, -0.1) is 0 Å². The molecule has 0 amide bonds. The summed E-state index contributed by atoms with van der Waals surface area (Å²) in [6.45, 7) is 1.54. The predicted octanol–water partition coefficient (Wildman–Crippen LogP) is 2.29. The van der Waals surface area contributed by atoms with E-state index in [2.05, 4.69) is 0 Å². The van der Waals surface area contributed by atoms with Crippen molar-refractivity contribution in [1.82, 2.24) is 0 Å². The minimum Gasteiger partial charge on any atom is -0.378 e. The zero-order chi connectivity index (χ0) is 15.5. The maximum Gasteiger partial charge on any atom is 0.264 e. The lowest BCUT2D eigenvalue weighted by Gasteiger charge is -2.34. The van der Waals surface area contributed by atoms with Gasteiger partial charge in [-0.25, -0.2) is 0 Å². The summed E-state index contributed by atoms with van der Waals surface area (Å²) >= 11 is 0. The van der Waals surface area contributed by atoms with E-state index in [1.807, 2.05) is 12.1 Å². The topological polar surface area (TPSA) is 63.6 Å². The summed E-state index contributed by atoms with van der Waals surface area (Å²) in [7, 11) is -3.68. The second-order valence-electron chi connectivity index (χ2n) is 4.94. The van der Waals surface area contributed by atoms with E-state index in [1.165, 1.54) is 0 Å². The maximum atomic E-state index is 11.4. The summed E-state index contributed by atoms with van der Waals surface area (Å²) in [6, 6.07) is 17.8. The molecule has 2 aromatic rings. The van der Waals surface area contributed by atoms with Crippen molar-refractivity contribution in [1.29, 1.82) is 0 Å². The zero-order valence-electron chi connectivity index (χ0n) is 11.9. The van der Waals surface area contributed by atoms with Crippen LogP contribution in [0.25, 0.3) is 0 Å². The SMILES string of the molecule is CC(OS(C)(=O)=O)C(O)(c1ccccc1)c1ccccc1. The van der Waals surface area contributed by atoms with Crippen LogP contribution in [0, 0.1) is 0 Å². The molecule has 0 radical (unpaired) electrons. The molecule has 5 heteroatoms. The van der Waals surface area contributed by atoms with Crippen LogP contribution < -0.4 is 0 Å². The molecule has 0 saturated carbocycles. The number of hydrogen-bond acceptors (Lipinski definition) is 4. The van der Waals surface area contributed by atoms with Crippen LogP contribution in [0.15, 0.2) is 60.7 Å². The molecule has 1 unspecified atom stereocenters. The van der Waals surface area contributed by atoms with Crippen LogP contribution in [-0.2, 0) is 19.9 Å². The van der Waals surface area contributed by atoms with Crippen LogP contribution in [0.1, 0.15) is 18.1 Å². The Morgan fingerprint density at radius 3 is 1.67 bits per heavy atom.